The largest absolute Gasteiger partial charge is 0.405 e. The van der Waals surface area contributed by atoms with E-state index in [9.17, 15) is 22.8 Å². The molecule has 1 aromatic rings. The molecule has 0 aromatic heterocycles. The second-order valence-electron chi connectivity index (χ2n) is 5.80. The first-order valence-corrected chi connectivity index (χ1v) is 7.53. The first-order chi connectivity index (χ1) is 11.1. The van der Waals surface area contributed by atoms with Gasteiger partial charge in [-0.3, -0.25) is 4.79 Å². The smallest absolute Gasteiger partial charge is 0.345 e. The van der Waals surface area contributed by atoms with Crippen molar-refractivity contribution < 1.29 is 22.8 Å². The Morgan fingerprint density at radius 1 is 1.12 bits per heavy atom. The third-order valence-corrected chi connectivity index (χ3v) is 3.37. The molecule has 5 nitrogen and oxygen atoms in total. The van der Waals surface area contributed by atoms with E-state index in [1.54, 1.807) is 5.32 Å². The van der Waals surface area contributed by atoms with Crippen LogP contribution in [0.15, 0.2) is 24.3 Å². The average Bonchev–Trinajstić information content (AvgIpc) is 2.48. The second-order valence-corrected chi connectivity index (χ2v) is 5.80. The van der Waals surface area contributed by atoms with Crippen molar-refractivity contribution in [3.05, 3.63) is 35.4 Å². The molecule has 1 aromatic carbocycles. The van der Waals surface area contributed by atoms with E-state index in [0.717, 1.165) is 11.1 Å². The first-order valence-electron chi connectivity index (χ1n) is 7.53. The van der Waals surface area contributed by atoms with Gasteiger partial charge < -0.3 is 16.0 Å². The second kappa shape index (κ2) is 8.56. The molecule has 0 saturated heterocycles. The van der Waals surface area contributed by atoms with Crippen molar-refractivity contribution in [1.82, 2.24) is 16.0 Å². The normalized spacial score (nSPS) is 12.6. The Morgan fingerprint density at radius 3 is 2.29 bits per heavy atom. The van der Waals surface area contributed by atoms with Crippen LogP contribution >= 0.6 is 0 Å². The van der Waals surface area contributed by atoms with E-state index >= 15 is 0 Å². The minimum atomic E-state index is -4.48. The van der Waals surface area contributed by atoms with Crippen LogP contribution < -0.4 is 16.0 Å². The molecule has 0 aliphatic heterocycles. The molecule has 0 aliphatic carbocycles. The lowest BCUT2D eigenvalue weighted by atomic mass is 9.93. The number of rotatable bonds is 6. The number of carbonyl (C=O) groups excluding carboxylic acids is 2. The highest BCUT2D eigenvalue weighted by atomic mass is 19.4. The Kier molecular flexibility index (Phi) is 7.06. The highest BCUT2D eigenvalue weighted by Gasteiger charge is 2.27. The Morgan fingerprint density at radius 2 is 1.75 bits per heavy atom. The van der Waals surface area contributed by atoms with Crippen molar-refractivity contribution in [1.29, 1.82) is 0 Å². The zero-order valence-electron chi connectivity index (χ0n) is 13.8. The van der Waals surface area contributed by atoms with Crippen molar-refractivity contribution in [3.63, 3.8) is 0 Å². The number of alkyl halides is 3. The monoisotopic (exact) mass is 345 g/mol. The molecule has 0 spiro atoms. The molecule has 0 fully saturated rings. The van der Waals surface area contributed by atoms with Gasteiger partial charge in [-0.15, -0.1) is 0 Å². The topological polar surface area (TPSA) is 70.2 Å². The summed E-state index contributed by atoms with van der Waals surface area (Å²) in [5.41, 5.74) is 1.96. The van der Waals surface area contributed by atoms with Crippen LogP contribution in [-0.4, -0.2) is 31.2 Å². The lowest BCUT2D eigenvalue weighted by Gasteiger charge is -2.24. The SMILES string of the molecule is Cc1ccccc1[C@@H](NC(=O)NCC(=O)NCC(F)(F)F)C(C)C. The summed E-state index contributed by atoms with van der Waals surface area (Å²) in [6.45, 7) is 3.85. The maximum Gasteiger partial charge on any atom is 0.405 e. The van der Waals surface area contributed by atoms with Crippen LogP contribution in [0, 0.1) is 12.8 Å². The van der Waals surface area contributed by atoms with E-state index in [4.69, 9.17) is 0 Å². The van der Waals surface area contributed by atoms with E-state index in [-0.39, 0.29) is 12.0 Å². The van der Waals surface area contributed by atoms with Crippen LogP contribution in [0.3, 0.4) is 0 Å². The van der Waals surface area contributed by atoms with Crippen molar-refractivity contribution in [2.45, 2.75) is 33.0 Å². The Balaban J connectivity index is 2.55. The average molecular weight is 345 g/mol. The van der Waals surface area contributed by atoms with Gasteiger partial charge in [-0.25, -0.2) is 4.79 Å². The van der Waals surface area contributed by atoms with E-state index in [1.165, 1.54) is 0 Å². The van der Waals surface area contributed by atoms with Crippen molar-refractivity contribution in [2.24, 2.45) is 5.92 Å². The molecule has 24 heavy (non-hydrogen) atoms. The van der Waals surface area contributed by atoms with Gasteiger partial charge in [-0.05, 0) is 24.0 Å². The van der Waals surface area contributed by atoms with E-state index in [1.807, 2.05) is 45.0 Å². The number of hydrogen-bond acceptors (Lipinski definition) is 2. The van der Waals surface area contributed by atoms with Gasteiger partial charge in [-0.1, -0.05) is 38.1 Å². The van der Waals surface area contributed by atoms with E-state index < -0.39 is 31.2 Å². The quantitative estimate of drug-likeness (QED) is 0.742. The molecule has 1 atom stereocenters. The van der Waals surface area contributed by atoms with Crippen molar-refractivity contribution in [2.75, 3.05) is 13.1 Å². The number of halogens is 3. The molecule has 0 unspecified atom stereocenters. The van der Waals surface area contributed by atoms with Crippen molar-refractivity contribution >= 4 is 11.9 Å². The number of urea groups is 1. The summed E-state index contributed by atoms with van der Waals surface area (Å²) in [4.78, 5) is 23.2. The van der Waals surface area contributed by atoms with Crippen LogP contribution in [0.2, 0.25) is 0 Å². The molecule has 0 saturated carbocycles. The van der Waals surface area contributed by atoms with Gasteiger partial charge in [0.1, 0.15) is 6.54 Å². The minimum Gasteiger partial charge on any atom is -0.345 e. The number of hydrogen-bond donors (Lipinski definition) is 3. The number of carbonyl (C=O) groups is 2. The maximum atomic E-state index is 12.0. The lowest BCUT2D eigenvalue weighted by molar-refractivity contribution is -0.137. The van der Waals surface area contributed by atoms with Crippen LogP contribution in [0.4, 0.5) is 18.0 Å². The maximum absolute atomic E-state index is 12.0. The fourth-order valence-electron chi connectivity index (χ4n) is 2.15. The van der Waals surface area contributed by atoms with Crippen LogP contribution in [0.5, 0.6) is 0 Å². The van der Waals surface area contributed by atoms with Gasteiger partial charge in [0.15, 0.2) is 0 Å². The molecule has 3 amide bonds. The summed E-state index contributed by atoms with van der Waals surface area (Å²) in [7, 11) is 0. The van der Waals surface area contributed by atoms with Gasteiger partial charge in [0.05, 0.1) is 12.6 Å². The molecule has 0 aliphatic rings. The van der Waals surface area contributed by atoms with Gasteiger partial charge in [-0.2, -0.15) is 13.2 Å². The number of nitrogens with one attached hydrogen (secondary N) is 3. The molecule has 3 N–H and O–H groups in total. The Hall–Kier alpha value is -2.25. The first kappa shape index (κ1) is 19.8. The zero-order valence-corrected chi connectivity index (χ0v) is 13.8. The fourth-order valence-corrected chi connectivity index (χ4v) is 2.15. The van der Waals surface area contributed by atoms with E-state index in [0.29, 0.717) is 0 Å². The molecular formula is C16H22F3N3O2. The highest BCUT2D eigenvalue weighted by molar-refractivity contribution is 5.84. The predicted octanol–water partition coefficient (Wildman–Crippen LogP) is 2.67. The summed E-state index contributed by atoms with van der Waals surface area (Å²) in [5.74, 6) is -0.810. The molecule has 134 valence electrons. The summed E-state index contributed by atoms with van der Waals surface area (Å²) in [6.07, 6.45) is -4.48. The Labute approximate surface area is 139 Å². The van der Waals surface area contributed by atoms with Crippen LogP contribution in [0.25, 0.3) is 0 Å². The summed E-state index contributed by atoms with van der Waals surface area (Å²) >= 11 is 0. The standard InChI is InChI=1S/C16H22F3N3O2/c1-10(2)14(12-7-5-4-6-11(12)3)22-15(24)20-8-13(23)21-9-16(17,18)19/h4-7,10,14H,8-9H2,1-3H3,(H,21,23)(H2,20,22,24)/t14-/m0/s1. The Bertz CT molecular complexity index is 574. The molecule has 8 heteroatoms. The number of benzene rings is 1. The van der Waals surface area contributed by atoms with Gasteiger partial charge >= 0.3 is 12.2 Å². The van der Waals surface area contributed by atoms with E-state index in [2.05, 4.69) is 10.6 Å². The number of amides is 3. The van der Waals surface area contributed by atoms with Crippen LogP contribution in [-0.2, 0) is 4.79 Å². The summed E-state index contributed by atoms with van der Waals surface area (Å²) in [5, 5.41) is 6.70. The van der Waals surface area contributed by atoms with Crippen LogP contribution in [0.1, 0.15) is 31.0 Å². The zero-order chi connectivity index (χ0) is 18.3. The number of aryl methyl sites for hydroxylation is 1. The molecule has 1 rings (SSSR count). The van der Waals surface area contributed by atoms with Gasteiger partial charge in [0.25, 0.3) is 0 Å². The third-order valence-electron chi connectivity index (χ3n) is 3.37. The van der Waals surface area contributed by atoms with Crippen molar-refractivity contribution in [3.8, 4) is 0 Å². The molecule has 0 heterocycles. The molecule has 0 bridgehead atoms. The summed E-state index contributed by atoms with van der Waals surface area (Å²) in [6, 6.07) is 6.69. The third kappa shape index (κ3) is 6.89. The fraction of sp³-hybridized carbons (Fsp3) is 0.500. The summed E-state index contributed by atoms with van der Waals surface area (Å²) < 4.78 is 36.0. The van der Waals surface area contributed by atoms with Gasteiger partial charge in [0.2, 0.25) is 5.91 Å². The molecule has 0 radical (unpaired) electrons. The molecular weight excluding hydrogens is 323 g/mol. The minimum absolute atomic E-state index is 0.0934. The lowest BCUT2D eigenvalue weighted by Crippen LogP contribution is -2.45. The predicted molar refractivity (Wildman–Crippen MR) is 84.4 cm³/mol. The highest BCUT2D eigenvalue weighted by Crippen LogP contribution is 2.24. The van der Waals surface area contributed by atoms with Gasteiger partial charge in [0, 0.05) is 0 Å².